The molecule has 1 rings (SSSR count). The van der Waals surface area contributed by atoms with Gasteiger partial charge in [0.15, 0.2) is 6.10 Å². The Hall–Kier alpha value is -0.300. The number of hydrogen-bond acceptors (Lipinski definition) is 1. The van der Waals surface area contributed by atoms with Gasteiger partial charge in [-0.3, -0.25) is 0 Å². The third-order valence-electron chi connectivity index (χ3n) is 1.87. The normalized spacial score (nSPS) is 13.9. The minimum absolute atomic E-state index is 0.0163. The van der Waals surface area contributed by atoms with E-state index < -0.39 is 12.3 Å². The predicted octanol–water partition coefficient (Wildman–Crippen LogP) is 3.76. The fraction of sp³-hybridized carbons (Fsp3) is 0.400. The van der Waals surface area contributed by atoms with Gasteiger partial charge in [-0.15, -0.1) is 0 Å². The van der Waals surface area contributed by atoms with Crippen LogP contribution in [-0.4, -0.2) is 12.3 Å². The maximum atomic E-state index is 12.1. The highest BCUT2D eigenvalue weighted by Crippen LogP contribution is 2.23. The van der Waals surface area contributed by atoms with Crippen molar-refractivity contribution in [1.29, 1.82) is 0 Å². The van der Waals surface area contributed by atoms with E-state index in [-0.39, 0.29) is 6.61 Å². The minimum Gasteiger partial charge on any atom is -0.364 e. The molecule has 0 aromatic heterocycles. The van der Waals surface area contributed by atoms with Gasteiger partial charge >= 0.3 is 6.18 Å². The van der Waals surface area contributed by atoms with Gasteiger partial charge in [0.1, 0.15) is 0 Å². The highest BCUT2D eigenvalue weighted by Gasteiger charge is 2.36. The van der Waals surface area contributed by atoms with Crippen molar-refractivity contribution in [3.8, 4) is 0 Å². The summed E-state index contributed by atoms with van der Waals surface area (Å²) in [5.41, 5.74) is 0.742. The molecule has 1 unspecified atom stereocenters. The summed E-state index contributed by atoms with van der Waals surface area (Å²) in [5.74, 6) is 0. The van der Waals surface area contributed by atoms with Crippen molar-refractivity contribution in [3.63, 3.8) is 0 Å². The molecule has 5 heteroatoms. The van der Waals surface area contributed by atoms with E-state index in [0.717, 1.165) is 16.1 Å². The molecule has 0 fully saturated rings. The van der Waals surface area contributed by atoms with Crippen LogP contribution in [0.25, 0.3) is 0 Å². The second-order valence-corrected chi connectivity index (χ2v) is 4.37. The van der Waals surface area contributed by atoms with E-state index in [1.807, 2.05) is 12.1 Å². The largest absolute Gasteiger partial charge is 0.414 e. The Balaban J connectivity index is 2.47. The Labute approximate surface area is 99.8 Å². The molecular formula is C10H10F3IO. The summed E-state index contributed by atoms with van der Waals surface area (Å²) in [6, 6.07) is 7.17. The summed E-state index contributed by atoms with van der Waals surface area (Å²) in [6.07, 6.45) is -6.01. The van der Waals surface area contributed by atoms with Gasteiger partial charge < -0.3 is 4.74 Å². The van der Waals surface area contributed by atoms with Crippen molar-refractivity contribution in [3.05, 3.63) is 33.4 Å². The van der Waals surface area contributed by atoms with E-state index >= 15 is 0 Å². The van der Waals surface area contributed by atoms with E-state index in [4.69, 9.17) is 4.74 Å². The number of ether oxygens (including phenoxy) is 1. The summed E-state index contributed by atoms with van der Waals surface area (Å²) in [4.78, 5) is 0. The molecule has 0 aliphatic rings. The minimum atomic E-state index is -4.29. The van der Waals surface area contributed by atoms with Crippen LogP contribution in [0.15, 0.2) is 24.3 Å². The lowest BCUT2D eigenvalue weighted by Gasteiger charge is -2.16. The van der Waals surface area contributed by atoms with E-state index in [9.17, 15) is 13.2 Å². The van der Waals surface area contributed by atoms with Gasteiger partial charge in [0, 0.05) is 3.57 Å². The van der Waals surface area contributed by atoms with Crippen LogP contribution < -0.4 is 0 Å². The molecule has 0 aliphatic heterocycles. The summed E-state index contributed by atoms with van der Waals surface area (Å²) in [6.45, 7) is 0.990. The second-order valence-electron chi connectivity index (χ2n) is 3.12. The Kier molecular flexibility index (Phi) is 4.39. The van der Waals surface area contributed by atoms with Crippen LogP contribution in [0.4, 0.5) is 13.2 Å². The van der Waals surface area contributed by atoms with Crippen molar-refractivity contribution < 1.29 is 17.9 Å². The third kappa shape index (κ3) is 4.38. The first-order valence-corrected chi connectivity index (χ1v) is 5.40. The molecular weight excluding hydrogens is 320 g/mol. The molecule has 0 heterocycles. The molecule has 0 radical (unpaired) electrons. The molecule has 1 aromatic rings. The molecule has 1 aromatic carbocycles. The molecule has 0 saturated heterocycles. The fourth-order valence-electron chi connectivity index (χ4n) is 0.896. The zero-order valence-corrected chi connectivity index (χ0v) is 10.2. The number of hydrogen-bond donors (Lipinski definition) is 0. The van der Waals surface area contributed by atoms with Gasteiger partial charge in [-0.25, -0.2) is 0 Å². The maximum absolute atomic E-state index is 12.1. The van der Waals surface area contributed by atoms with Crippen molar-refractivity contribution in [2.45, 2.75) is 25.8 Å². The molecule has 0 bridgehead atoms. The van der Waals surface area contributed by atoms with E-state index in [1.54, 1.807) is 12.1 Å². The van der Waals surface area contributed by atoms with Crippen LogP contribution in [0, 0.1) is 3.57 Å². The molecule has 0 spiro atoms. The summed E-state index contributed by atoms with van der Waals surface area (Å²) < 4.78 is 42.0. The van der Waals surface area contributed by atoms with Gasteiger partial charge in [-0.1, -0.05) is 12.1 Å². The SMILES string of the molecule is CC(OCc1ccc(I)cc1)C(F)(F)F. The van der Waals surface area contributed by atoms with Crippen molar-refractivity contribution in [2.75, 3.05) is 0 Å². The van der Waals surface area contributed by atoms with Crippen molar-refractivity contribution in [2.24, 2.45) is 0 Å². The van der Waals surface area contributed by atoms with Gasteiger partial charge in [-0.2, -0.15) is 13.2 Å². The van der Waals surface area contributed by atoms with Crippen LogP contribution in [0.1, 0.15) is 12.5 Å². The predicted molar refractivity (Wildman–Crippen MR) is 59.5 cm³/mol. The van der Waals surface area contributed by atoms with E-state index in [2.05, 4.69) is 22.6 Å². The maximum Gasteiger partial charge on any atom is 0.414 e. The lowest BCUT2D eigenvalue weighted by Crippen LogP contribution is -2.28. The van der Waals surface area contributed by atoms with Crippen LogP contribution in [0.5, 0.6) is 0 Å². The lowest BCUT2D eigenvalue weighted by atomic mass is 10.2. The third-order valence-corrected chi connectivity index (χ3v) is 2.59. The van der Waals surface area contributed by atoms with Gasteiger partial charge in [0.2, 0.25) is 0 Å². The molecule has 1 nitrogen and oxygen atoms in total. The first-order chi connectivity index (χ1) is 6.89. The highest BCUT2D eigenvalue weighted by molar-refractivity contribution is 14.1. The molecule has 84 valence electrons. The van der Waals surface area contributed by atoms with Crippen molar-refractivity contribution >= 4 is 22.6 Å². The van der Waals surface area contributed by atoms with Crippen LogP contribution in [-0.2, 0) is 11.3 Å². The van der Waals surface area contributed by atoms with Crippen molar-refractivity contribution in [1.82, 2.24) is 0 Å². The average Bonchev–Trinajstić information content (AvgIpc) is 2.15. The number of rotatable bonds is 3. The molecule has 0 amide bonds. The number of alkyl halides is 3. The molecule has 0 aliphatic carbocycles. The number of halogens is 4. The van der Waals surface area contributed by atoms with E-state index in [0.29, 0.717) is 0 Å². The summed E-state index contributed by atoms with van der Waals surface area (Å²) >= 11 is 2.13. The Morgan fingerprint density at radius 2 is 1.80 bits per heavy atom. The van der Waals surface area contributed by atoms with Gasteiger partial charge in [0.25, 0.3) is 0 Å². The first kappa shape index (κ1) is 12.8. The Morgan fingerprint density at radius 1 is 1.27 bits per heavy atom. The van der Waals surface area contributed by atoms with Gasteiger partial charge in [-0.05, 0) is 47.2 Å². The topological polar surface area (TPSA) is 9.23 Å². The smallest absolute Gasteiger partial charge is 0.364 e. The van der Waals surface area contributed by atoms with Gasteiger partial charge in [0.05, 0.1) is 6.61 Å². The monoisotopic (exact) mass is 330 g/mol. The Bertz CT molecular complexity index is 307. The Morgan fingerprint density at radius 3 is 2.27 bits per heavy atom. The highest BCUT2D eigenvalue weighted by atomic mass is 127. The number of benzene rings is 1. The summed E-state index contributed by atoms with van der Waals surface area (Å²) in [7, 11) is 0. The summed E-state index contributed by atoms with van der Waals surface area (Å²) in [5, 5.41) is 0. The van der Waals surface area contributed by atoms with Crippen LogP contribution in [0.3, 0.4) is 0 Å². The van der Waals surface area contributed by atoms with E-state index in [1.165, 1.54) is 0 Å². The lowest BCUT2D eigenvalue weighted by molar-refractivity contribution is -0.217. The molecule has 0 N–H and O–H groups in total. The van der Waals surface area contributed by atoms with Crippen LogP contribution >= 0.6 is 22.6 Å². The van der Waals surface area contributed by atoms with Crippen LogP contribution in [0.2, 0.25) is 0 Å². The molecule has 1 atom stereocenters. The quantitative estimate of drug-likeness (QED) is 0.767. The zero-order valence-electron chi connectivity index (χ0n) is 8.01. The standard InChI is InChI=1S/C10H10F3IO/c1-7(10(11,12)13)15-6-8-2-4-9(14)5-3-8/h2-5,7H,6H2,1H3. The molecule has 0 saturated carbocycles. The first-order valence-electron chi connectivity index (χ1n) is 4.32. The molecule has 15 heavy (non-hydrogen) atoms. The second kappa shape index (κ2) is 5.16. The zero-order chi connectivity index (χ0) is 11.5. The fourth-order valence-corrected chi connectivity index (χ4v) is 1.26. The average molecular weight is 330 g/mol.